The van der Waals surface area contributed by atoms with Crippen LogP contribution in [0.2, 0.25) is 0 Å². The molecule has 0 aliphatic carbocycles. The predicted octanol–water partition coefficient (Wildman–Crippen LogP) is 4.25. The second kappa shape index (κ2) is 12.9. The Kier molecular flexibility index (Phi) is 9.69. The summed E-state index contributed by atoms with van der Waals surface area (Å²) in [4.78, 5) is 39.6. The van der Waals surface area contributed by atoms with E-state index < -0.39 is 0 Å². The van der Waals surface area contributed by atoms with Gasteiger partial charge in [-0.3, -0.25) is 9.59 Å². The number of hydrogen-bond acceptors (Lipinski definition) is 7. The lowest BCUT2D eigenvalue weighted by atomic mass is 10.0. The SMILES string of the molecule is COc1ccc(-n2nc(C=O)c3c2C(=O)N(c2ccc(N(C)CCCCC=O)cc2)CC3)cc1.CS. The van der Waals surface area contributed by atoms with Gasteiger partial charge in [-0.25, -0.2) is 4.68 Å². The fourth-order valence-corrected chi connectivity index (χ4v) is 4.23. The van der Waals surface area contributed by atoms with Crippen LogP contribution in [0, 0.1) is 0 Å². The summed E-state index contributed by atoms with van der Waals surface area (Å²) in [5.41, 5.74) is 3.92. The maximum atomic E-state index is 13.6. The van der Waals surface area contributed by atoms with Gasteiger partial charge < -0.3 is 19.3 Å². The Bertz CT molecular complexity index is 1180. The van der Waals surface area contributed by atoms with Crippen LogP contribution >= 0.6 is 12.6 Å². The lowest BCUT2D eigenvalue weighted by Crippen LogP contribution is -2.38. The summed E-state index contributed by atoms with van der Waals surface area (Å²) in [5, 5.41) is 4.43. The summed E-state index contributed by atoms with van der Waals surface area (Å²) >= 11 is 3.53. The van der Waals surface area contributed by atoms with Crippen molar-refractivity contribution in [1.82, 2.24) is 9.78 Å². The van der Waals surface area contributed by atoms with E-state index in [2.05, 4.69) is 22.6 Å². The van der Waals surface area contributed by atoms with Crippen LogP contribution in [0.3, 0.4) is 0 Å². The smallest absolute Gasteiger partial charge is 0.277 e. The van der Waals surface area contributed by atoms with E-state index in [9.17, 15) is 14.4 Å². The maximum absolute atomic E-state index is 13.6. The molecule has 2 heterocycles. The van der Waals surface area contributed by atoms with Crippen LogP contribution < -0.4 is 14.5 Å². The van der Waals surface area contributed by atoms with E-state index in [1.54, 1.807) is 35.1 Å². The predicted molar refractivity (Wildman–Crippen MR) is 145 cm³/mol. The van der Waals surface area contributed by atoms with Crippen molar-refractivity contribution in [2.24, 2.45) is 0 Å². The first kappa shape index (κ1) is 27.0. The Morgan fingerprint density at radius 2 is 1.69 bits per heavy atom. The van der Waals surface area contributed by atoms with Crippen LogP contribution in [0.1, 0.15) is 45.8 Å². The molecule has 0 saturated carbocycles. The fraction of sp³-hybridized carbons (Fsp3) is 0.333. The van der Waals surface area contributed by atoms with Crippen molar-refractivity contribution < 1.29 is 19.1 Å². The Morgan fingerprint density at radius 3 is 2.31 bits per heavy atom. The van der Waals surface area contributed by atoms with E-state index >= 15 is 0 Å². The Balaban J connectivity index is 0.00000176. The third kappa shape index (κ3) is 5.79. The van der Waals surface area contributed by atoms with Crippen molar-refractivity contribution in [2.45, 2.75) is 25.7 Å². The minimum Gasteiger partial charge on any atom is -0.497 e. The average molecular weight is 509 g/mol. The van der Waals surface area contributed by atoms with E-state index in [1.165, 1.54) is 0 Å². The second-order valence-corrected chi connectivity index (χ2v) is 8.25. The molecule has 1 aromatic heterocycles. The van der Waals surface area contributed by atoms with Gasteiger partial charge in [0.25, 0.3) is 5.91 Å². The molecule has 36 heavy (non-hydrogen) atoms. The van der Waals surface area contributed by atoms with Crippen molar-refractivity contribution >= 4 is 42.5 Å². The fourth-order valence-electron chi connectivity index (χ4n) is 4.23. The number of nitrogens with zero attached hydrogens (tertiary/aromatic N) is 4. The Morgan fingerprint density at radius 1 is 1.03 bits per heavy atom. The number of hydrogen-bond donors (Lipinski definition) is 1. The van der Waals surface area contributed by atoms with Gasteiger partial charge in [-0.1, -0.05) is 0 Å². The van der Waals surface area contributed by atoms with Crippen molar-refractivity contribution in [3.63, 3.8) is 0 Å². The number of rotatable bonds is 10. The second-order valence-electron chi connectivity index (χ2n) is 8.25. The summed E-state index contributed by atoms with van der Waals surface area (Å²) in [6.07, 6.45) is 6.31. The van der Waals surface area contributed by atoms with Gasteiger partial charge in [-0.15, -0.1) is 0 Å². The number of carbonyl (C=O) groups excluding carboxylic acids is 3. The van der Waals surface area contributed by atoms with Crippen molar-refractivity contribution in [2.75, 3.05) is 43.3 Å². The average Bonchev–Trinajstić information content (AvgIpc) is 3.32. The van der Waals surface area contributed by atoms with Gasteiger partial charge in [0.1, 0.15) is 23.4 Å². The first-order chi connectivity index (χ1) is 17.6. The molecule has 0 atom stereocenters. The van der Waals surface area contributed by atoms with Gasteiger partial charge in [0.15, 0.2) is 6.29 Å². The molecule has 0 radical (unpaired) electrons. The first-order valence-corrected chi connectivity index (χ1v) is 12.7. The van der Waals surface area contributed by atoms with Crippen molar-refractivity contribution in [3.8, 4) is 11.4 Å². The highest BCUT2D eigenvalue weighted by Crippen LogP contribution is 2.30. The van der Waals surface area contributed by atoms with Gasteiger partial charge in [0.2, 0.25) is 0 Å². The van der Waals surface area contributed by atoms with Crippen LogP contribution in [0.5, 0.6) is 5.75 Å². The largest absolute Gasteiger partial charge is 0.497 e. The molecule has 0 spiro atoms. The zero-order valence-electron chi connectivity index (χ0n) is 20.9. The molecular weight excluding hydrogens is 476 g/mol. The number of fused-ring (bicyclic) bond motifs is 1. The quantitative estimate of drug-likeness (QED) is 0.250. The number of unbranched alkanes of at least 4 members (excludes halogenated alkanes) is 2. The molecule has 0 saturated heterocycles. The molecule has 8 nitrogen and oxygen atoms in total. The zero-order chi connectivity index (χ0) is 26.1. The van der Waals surface area contributed by atoms with Gasteiger partial charge in [-0.2, -0.15) is 17.7 Å². The molecule has 190 valence electrons. The number of ether oxygens (including phenoxy) is 1. The van der Waals surface area contributed by atoms with Gasteiger partial charge in [0.05, 0.1) is 12.8 Å². The van der Waals surface area contributed by atoms with Crippen LogP contribution in [0.25, 0.3) is 5.69 Å². The van der Waals surface area contributed by atoms with Crippen LogP contribution in [0.15, 0.2) is 48.5 Å². The molecule has 1 aliphatic heterocycles. The highest BCUT2D eigenvalue weighted by molar-refractivity contribution is 7.79. The molecule has 9 heteroatoms. The van der Waals surface area contributed by atoms with Crippen LogP contribution in [0.4, 0.5) is 11.4 Å². The summed E-state index contributed by atoms with van der Waals surface area (Å²) < 4.78 is 6.77. The molecular formula is C27H32N4O4S. The molecule has 1 aliphatic rings. The summed E-state index contributed by atoms with van der Waals surface area (Å²) in [7, 11) is 3.61. The third-order valence-electron chi connectivity index (χ3n) is 6.14. The number of carbonyl (C=O) groups is 3. The standard InChI is InChI=1S/C26H28N4O4.CH4S/c1-28(15-4-3-5-17-31)19-6-8-20(9-7-19)29-16-14-23-24(18-32)27-30(25(23)26(29)33)21-10-12-22(34-2)13-11-21;1-2/h6-13,17-18H,3-5,14-16H2,1-2H3;2H,1H3. The number of aldehydes is 2. The number of thiol groups is 1. The molecule has 0 unspecified atom stereocenters. The lowest BCUT2D eigenvalue weighted by Gasteiger charge is -2.28. The number of anilines is 2. The topological polar surface area (TPSA) is 84.7 Å². The summed E-state index contributed by atoms with van der Waals surface area (Å²) in [6.45, 7) is 1.33. The minimum atomic E-state index is -0.187. The Hall–Kier alpha value is -3.59. The third-order valence-corrected chi connectivity index (χ3v) is 6.14. The summed E-state index contributed by atoms with van der Waals surface area (Å²) in [6, 6.07) is 15.1. The van der Waals surface area contributed by atoms with E-state index in [0.717, 1.165) is 37.0 Å². The van der Waals surface area contributed by atoms with E-state index in [0.29, 0.717) is 54.1 Å². The van der Waals surface area contributed by atoms with E-state index in [-0.39, 0.29) is 5.91 Å². The van der Waals surface area contributed by atoms with Crippen molar-refractivity contribution in [3.05, 3.63) is 65.5 Å². The van der Waals surface area contributed by atoms with Crippen LogP contribution in [-0.2, 0) is 11.2 Å². The lowest BCUT2D eigenvalue weighted by molar-refractivity contribution is -0.107. The minimum absolute atomic E-state index is 0.187. The number of aromatic nitrogens is 2. The molecule has 0 fully saturated rings. The van der Waals surface area contributed by atoms with Gasteiger partial charge >= 0.3 is 0 Å². The molecule has 2 aromatic carbocycles. The monoisotopic (exact) mass is 508 g/mol. The normalized spacial score (nSPS) is 12.3. The molecule has 0 bridgehead atoms. The number of amides is 1. The zero-order valence-corrected chi connectivity index (χ0v) is 21.8. The highest BCUT2D eigenvalue weighted by Gasteiger charge is 2.33. The van der Waals surface area contributed by atoms with E-state index in [4.69, 9.17) is 4.74 Å². The molecule has 4 rings (SSSR count). The molecule has 3 aromatic rings. The first-order valence-electron chi connectivity index (χ1n) is 11.8. The number of benzene rings is 2. The molecule has 0 N–H and O–H groups in total. The van der Waals surface area contributed by atoms with Crippen LogP contribution in [-0.4, -0.2) is 61.8 Å². The van der Waals surface area contributed by atoms with Gasteiger partial charge in [-0.05, 0) is 74.0 Å². The van der Waals surface area contributed by atoms with Gasteiger partial charge in [0, 0.05) is 43.5 Å². The Labute approximate surface area is 217 Å². The van der Waals surface area contributed by atoms with E-state index in [1.807, 2.05) is 43.4 Å². The highest BCUT2D eigenvalue weighted by atomic mass is 32.1. The summed E-state index contributed by atoms with van der Waals surface area (Å²) in [5.74, 6) is 0.509. The number of methoxy groups -OCH3 is 1. The van der Waals surface area contributed by atoms with Crippen molar-refractivity contribution in [1.29, 1.82) is 0 Å². The maximum Gasteiger partial charge on any atom is 0.277 e. The molecule has 1 amide bonds.